The van der Waals surface area contributed by atoms with Crippen LogP contribution in [-0.2, 0) is 15.8 Å². The van der Waals surface area contributed by atoms with Crippen LogP contribution in [0.2, 0.25) is 0 Å². The van der Waals surface area contributed by atoms with Crippen LogP contribution in [0.5, 0.6) is 0 Å². The van der Waals surface area contributed by atoms with Crippen molar-refractivity contribution in [3.8, 4) is 0 Å². The van der Waals surface area contributed by atoms with Gasteiger partial charge in [0.25, 0.3) is 5.56 Å². The van der Waals surface area contributed by atoms with Gasteiger partial charge in [0.2, 0.25) is 11.8 Å². The molecule has 0 bridgehead atoms. The predicted octanol–water partition coefficient (Wildman–Crippen LogP) is 2.46. The normalized spacial score (nSPS) is 16.3. The maximum absolute atomic E-state index is 12.7. The number of H-pyrrole nitrogens is 1. The number of carbonyl (C=O) groups is 2. The maximum atomic E-state index is 12.7. The van der Waals surface area contributed by atoms with Gasteiger partial charge < -0.3 is 15.6 Å². The number of halogens is 3. The third-order valence-corrected chi connectivity index (χ3v) is 3.80. The van der Waals surface area contributed by atoms with Gasteiger partial charge in [0, 0.05) is 18.3 Å². The summed E-state index contributed by atoms with van der Waals surface area (Å²) in [5, 5.41) is 4.76. The fourth-order valence-corrected chi connectivity index (χ4v) is 2.61. The highest BCUT2D eigenvalue weighted by Crippen LogP contribution is 2.34. The topological polar surface area (TPSA) is 91.1 Å². The number of benzene rings is 1. The lowest BCUT2D eigenvalue weighted by Crippen LogP contribution is -2.24. The van der Waals surface area contributed by atoms with E-state index in [4.69, 9.17) is 0 Å². The van der Waals surface area contributed by atoms with Crippen molar-refractivity contribution < 1.29 is 22.8 Å². The first-order chi connectivity index (χ1) is 11.8. The minimum absolute atomic E-state index is 0.293. The van der Waals surface area contributed by atoms with Crippen LogP contribution in [0.15, 0.2) is 41.3 Å². The Kier molecular flexibility index (Phi) is 4.07. The van der Waals surface area contributed by atoms with Gasteiger partial charge in [-0.3, -0.25) is 14.4 Å². The molecular weight excluding hydrogens is 339 g/mol. The number of aromatic amines is 1. The zero-order valence-corrected chi connectivity index (χ0v) is 12.6. The Hall–Kier alpha value is -3.10. The number of rotatable bonds is 3. The predicted molar refractivity (Wildman–Crippen MR) is 83.1 cm³/mol. The second kappa shape index (κ2) is 6.08. The molecule has 1 aliphatic heterocycles. The molecule has 1 aliphatic rings. The molecule has 3 rings (SSSR count). The van der Waals surface area contributed by atoms with E-state index in [1.807, 2.05) is 4.98 Å². The van der Waals surface area contributed by atoms with Gasteiger partial charge in [0.15, 0.2) is 0 Å². The van der Waals surface area contributed by atoms with Crippen LogP contribution in [0.3, 0.4) is 0 Å². The lowest BCUT2D eigenvalue weighted by molar-refractivity contribution is -0.137. The van der Waals surface area contributed by atoms with Crippen LogP contribution in [0.25, 0.3) is 0 Å². The van der Waals surface area contributed by atoms with Crippen molar-refractivity contribution >= 4 is 23.2 Å². The second-order valence-corrected chi connectivity index (χ2v) is 5.51. The van der Waals surface area contributed by atoms with Gasteiger partial charge in [0.1, 0.15) is 5.69 Å². The fourth-order valence-electron chi connectivity index (χ4n) is 2.61. The second-order valence-electron chi connectivity index (χ2n) is 5.51. The average molecular weight is 351 g/mol. The Morgan fingerprint density at radius 1 is 1.20 bits per heavy atom. The number of amides is 2. The summed E-state index contributed by atoms with van der Waals surface area (Å²) in [7, 11) is 0. The van der Waals surface area contributed by atoms with E-state index in [0.717, 1.165) is 0 Å². The molecule has 2 aromatic rings. The molecular formula is C16H12F3N3O3. The van der Waals surface area contributed by atoms with E-state index < -0.39 is 34.8 Å². The summed E-state index contributed by atoms with van der Waals surface area (Å²) < 4.78 is 38.1. The van der Waals surface area contributed by atoms with Crippen molar-refractivity contribution in [2.45, 2.75) is 18.5 Å². The van der Waals surface area contributed by atoms with E-state index in [-0.39, 0.29) is 12.3 Å². The Morgan fingerprint density at radius 3 is 2.64 bits per heavy atom. The number of para-hydroxylation sites is 1. The molecule has 0 radical (unpaired) electrons. The molecule has 0 unspecified atom stereocenters. The molecule has 0 aliphatic carbocycles. The number of nitrogens with one attached hydrogen (secondary N) is 3. The molecule has 2 amide bonds. The van der Waals surface area contributed by atoms with Crippen molar-refractivity contribution in [1.82, 2.24) is 4.98 Å². The van der Waals surface area contributed by atoms with Crippen LogP contribution in [0, 0.1) is 0 Å². The van der Waals surface area contributed by atoms with Gasteiger partial charge in [0.05, 0.1) is 11.5 Å². The molecule has 6 nitrogen and oxygen atoms in total. The minimum Gasteiger partial charge on any atom is -0.327 e. The standard InChI is InChI=1S/C16H12F3N3O3/c17-16(18,19)8-5-12(15(25)20-7-8)21-13(23)6-10-9-3-1-2-4-11(9)22-14(10)24/h1-5,7,10H,6H2,(H,20,25)(H,21,23)(H,22,24)/t10-/m1/s1. The summed E-state index contributed by atoms with van der Waals surface area (Å²) in [6.07, 6.45) is -4.43. The van der Waals surface area contributed by atoms with Gasteiger partial charge in [-0.25, -0.2) is 0 Å². The Morgan fingerprint density at radius 2 is 1.92 bits per heavy atom. The number of pyridine rings is 1. The van der Waals surface area contributed by atoms with E-state index in [1.165, 1.54) is 0 Å². The zero-order chi connectivity index (χ0) is 18.2. The zero-order valence-electron chi connectivity index (χ0n) is 12.6. The molecule has 25 heavy (non-hydrogen) atoms. The number of hydrogen-bond donors (Lipinski definition) is 3. The van der Waals surface area contributed by atoms with E-state index in [1.54, 1.807) is 24.3 Å². The third-order valence-electron chi connectivity index (χ3n) is 3.80. The highest BCUT2D eigenvalue weighted by Gasteiger charge is 2.33. The number of alkyl halides is 3. The van der Waals surface area contributed by atoms with Crippen molar-refractivity contribution in [2.24, 2.45) is 0 Å². The van der Waals surface area contributed by atoms with Crippen LogP contribution in [0.4, 0.5) is 24.5 Å². The van der Waals surface area contributed by atoms with Gasteiger partial charge in [-0.1, -0.05) is 18.2 Å². The van der Waals surface area contributed by atoms with E-state index in [2.05, 4.69) is 10.6 Å². The number of aromatic nitrogens is 1. The molecule has 1 aromatic heterocycles. The molecule has 3 N–H and O–H groups in total. The number of anilines is 2. The molecule has 0 saturated carbocycles. The SMILES string of the molecule is O=C(C[C@H]1C(=O)Nc2ccccc21)Nc1cc(C(F)(F)F)c[nH]c1=O. The first-order valence-corrected chi connectivity index (χ1v) is 7.25. The summed E-state index contributed by atoms with van der Waals surface area (Å²) in [6.45, 7) is 0. The average Bonchev–Trinajstić information content (AvgIpc) is 2.84. The van der Waals surface area contributed by atoms with Gasteiger partial charge in [-0.2, -0.15) is 13.2 Å². The number of fused-ring (bicyclic) bond motifs is 1. The Labute approximate surface area is 139 Å². The summed E-state index contributed by atoms with van der Waals surface area (Å²) >= 11 is 0. The first-order valence-electron chi connectivity index (χ1n) is 7.25. The molecule has 0 fully saturated rings. The van der Waals surface area contributed by atoms with Crippen LogP contribution < -0.4 is 16.2 Å². The highest BCUT2D eigenvalue weighted by molar-refractivity contribution is 6.06. The van der Waals surface area contributed by atoms with E-state index in [0.29, 0.717) is 23.5 Å². The quantitative estimate of drug-likeness (QED) is 0.793. The van der Waals surface area contributed by atoms with Crippen molar-refractivity contribution in [1.29, 1.82) is 0 Å². The van der Waals surface area contributed by atoms with E-state index >= 15 is 0 Å². The van der Waals surface area contributed by atoms with Crippen LogP contribution in [-0.4, -0.2) is 16.8 Å². The van der Waals surface area contributed by atoms with Gasteiger partial charge in [-0.15, -0.1) is 0 Å². The molecule has 1 atom stereocenters. The Bertz CT molecular complexity index is 905. The van der Waals surface area contributed by atoms with Crippen molar-refractivity contribution in [2.75, 3.05) is 10.6 Å². The lowest BCUT2D eigenvalue weighted by Gasteiger charge is -2.11. The monoisotopic (exact) mass is 351 g/mol. The number of hydrogen-bond acceptors (Lipinski definition) is 3. The third kappa shape index (κ3) is 3.39. The fraction of sp³-hybridized carbons (Fsp3) is 0.188. The first kappa shape index (κ1) is 16.7. The summed E-state index contributed by atoms with van der Waals surface area (Å²) in [6, 6.07) is 7.36. The van der Waals surface area contributed by atoms with Crippen molar-refractivity contribution in [3.05, 3.63) is 58.0 Å². The molecule has 9 heteroatoms. The smallest absolute Gasteiger partial charge is 0.327 e. The summed E-state index contributed by atoms with van der Waals surface area (Å²) in [4.78, 5) is 37.6. The highest BCUT2D eigenvalue weighted by atomic mass is 19.4. The maximum Gasteiger partial charge on any atom is 0.417 e. The lowest BCUT2D eigenvalue weighted by atomic mass is 9.97. The molecule has 0 saturated heterocycles. The molecule has 2 heterocycles. The van der Waals surface area contributed by atoms with E-state index in [9.17, 15) is 27.6 Å². The number of carbonyl (C=O) groups excluding carboxylic acids is 2. The van der Waals surface area contributed by atoms with Crippen molar-refractivity contribution in [3.63, 3.8) is 0 Å². The minimum atomic E-state index is -4.66. The largest absolute Gasteiger partial charge is 0.417 e. The molecule has 0 spiro atoms. The Balaban J connectivity index is 1.78. The molecule has 1 aromatic carbocycles. The van der Waals surface area contributed by atoms with Crippen LogP contribution >= 0.6 is 0 Å². The summed E-state index contributed by atoms with van der Waals surface area (Å²) in [5.41, 5.74) is -1.27. The molecule has 130 valence electrons. The van der Waals surface area contributed by atoms with Gasteiger partial charge in [-0.05, 0) is 17.7 Å². The van der Waals surface area contributed by atoms with Crippen LogP contribution in [0.1, 0.15) is 23.5 Å². The van der Waals surface area contributed by atoms with Gasteiger partial charge >= 0.3 is 6.18 Å². The summed E-state index contributed by atoms with van der Waals surface area (Å²) in [5.74, 6) is -1.88.